The van der Waals surface area contributed by atoms with Crippen LogP contribution >= 0.6 is 0 Å². The second-order valence-electron chi connectivity index (χ2n) is 16.1. The molecule has 4 heterocycles. The second kappa shape index (κ2) is 36.6. The van der Waals surface area contributed by atoms with Crippen molar-refractivity contribution in [2.75, 3.05) is 107 Å². The third-order valence-corrected chi connectivity index (χ3v) is 10.8. The number of methoxy groups -OCH3 is 2. The summed E-state index contributed by atoms with van der Waals surface area (Å²) in [5.74, 6) is -0.228. The molecule has 397 valence electrons. The molecule has 0 saturated carbocycles. The van der Waals surface area contributed by atoms with E-state index in [0.717, 1.165) is 63.2 Å². The molecule has 0 saturated heterocycles. The van der Waals surface area contributed by atoms with Crippen molar-refractivity contribution in [3.63, 3.8) is 0 Å². The summed E-state index contributed by atoms with van der Waals surface area (Å²) in [6.45, 7) is 15.9. The molecule has 2 aliphatic heterocycles. The number of aliphatic hydroxyl groups excluding tert-OH is 2. The summed E-state index contributed by atoms with van der Waals surface area (Å²) in [6.07, 6.45) is 7.76. The first-order valence-corrected chi connectivity index (χ1v) is 24.1. The minimum absolute atomic E-state index is 0. The minimum Gasteiger partial charge on any atom is -0.565 e. The molecule has 2 aliphatic rings. The number of H-pyrrole nitrogens is 1. The Labute approximate surface area is 455 Å². The van der Waals surface area contributed by atoms with E-state index in [4.69, 9.17) is 77.6 Å². The molecule has 1 aromatic carbocycles. The summed E-state index contributed by atoms with van der Waals surface area (Å²) in [7, 11) is 3.28. The number of hydrogen-bond acceptors (Lipinski definition) is 16. The average molecular weight is 1150 g/mol. The smallest absolute Gasteiger partial charge is 0.565 e. The maximum atomic E-state index is 9.86. The monoisotopic (exact) mass is 1150 g/mol. The number of rotatable bonds is 28. The van der Waals surface area contributed by atoms with Crippen LogP contribution in [0.4, 0.5) is 0 Å². The second-order valence-corrected chi connectivity index (χ2v) is 16.1. The van der Waals surface area contributed by atoms with Crippen molar-refractivity contribution in [2.45, 2.75) is 80.1 Å². The molecule has 2 aromatic heterocycles. The number of hydrogen-bond donors (Lipinski definition) is 3. The summed E-state index contributed by atoms with van der Waals surface area (Å²) in [4.78, 5) is 42.3. The molecule has 1 radical (unpaired) electrons. The summed E-state index contributed by atoms with van der Waals surface area (Å²) >= 11 is 0. The molecule has 6 bridgehead atoms. The van der Waals surface area contributed by atoms with Crippen LogP contribution in [0.15, 0.2) is 36.7 Å². The van der Waals surface area contributed by atoms with Gasteiger partial charge in [-0.1, -0.05) is 13.8 Å². The Kier molecular flexibility index (Phi) is 32.4. The molecule has 0 fully saturated rings. The maximum Gasteiger partial charge on any atom is 3.00 e. The van der Waals surface area contributed by atoms with Gasteiger partial charge in [-0.05, 0) is 97.9 Å². The predicted molar refractivity (Wildman–Crippen MR) is 274 cm³/mol. The molecule has 20 heteroatoms. The van der Waals surface area contributed by atoms with Crippen molar-refractivity contribution in [1.82, 2.24) is 24.9 Å². The topological polar surface area (TPSA) is 262 Å². The number of allylic oxidation sites excluding steroid dienone is 4. The summed E-state index contributed by atoms with van der Waals surface area (Å²) in [5.41, 5.74) is 12.7. The standard InChI is InChI=1S/C48H67N5O10.2C2H4O2.Gd/c1-7-35-36(8-2)40-28-42-38(12-10-14-55)34(4)46(53-42)32-50-44-30-48(63-26-24-61-22-20-59-18-16-57-6)47(62-25-23-60-21-19-58-17-15-56-5)29-43(44)49-31-45-33(3)37(11-9-13-54)41(52-45)27-39(35)51-40;2*1-2(3)4;/h27-32,52,54-55H,7-26H2,1-6H3;2*1H3,(H,3,4);/q;;;+3/p+2. The first kappa shape index (κ1) is 63.8. The molecule has 0 spiro atoms. The number of carbonyl (C=O) groups is 2. The van der Waals surface area contributed by atoms with Crippen molar-refractivity contribution in [3.05, 3.63) is 70.6 Å². The molecule has 0 aliphatic carbocycles. The molecular weight excluding hydrogens is 1080 g/mol. The van der Waals surface area contributed by atoms with Crippen LogP contribution < -0.4 is 9.47 Å². The third kappa shape index (κ3) is 22.0. The van der Waals surface area contributed by atoms with E-state index in [2.05, 4.69) is 37.9 Å². The van der Waals surface area contributed by atoms with Crippen LogP contribution in [-0.4, -0.2) is 164 Å². The van der Waals surface area contributed by atoms with E-state index in [1.165, 1.54) is 25.0 Å². The molecule has 7 N–H and O–H groups in total. The van der Waals surface area contributed by atoms with Crippen molar-refractivity contribution in [3.8, 4) is 11.5 Å². The largest absolute Gasteiger partial charge is 3.00 e. The number of nitrogens with zero attached hydrogens (tertiary/aromatic N) is 4. The number of aromatic nitrogens is 5. The molecule has 0 amide bonds. The van der Waals surface area contributed by atoms with Gasteiger partial charge in [-0.3, -0.25) is 9.97 Å². The number of fused-ring (bicyclic) bond motifs is 7. The maximum absolute atomic E-state index is 9.86. The minimum atomic E-state index is -0.583. The van der Waals surface area contributed by atoms with Crippen LogP contribution in [0.25, 0.3) is 44.4 Å². The van der Waals surface area contributed by atoms with E-state index in [-0.39, 0.29) is 66.4 Å². The normalized spacial score (nSPS) is 11.8. The van der Waals surface area contributed by atoms with Crippen LogP contribution in [-0.2, 0) is 44.4 Å². The summed E-state index contributed by atoms with van der Waals surface area (Å²) < 4.78 is 45.3. The number of aryl methyl sites for hydroxylation is 2. The Morgan fingerprint density at radius 2 is 0.986 bits per heavy atom. The van der Waals surface area contributed by atoms with Gasteiger partial charge in [-0.2, -0.15) is 0 Å². The Hall–Kier alpha value is -4.32. The van der Waals surface area contributed by atoms with Gasteiger partial charge in [-0.25, -0.2) is 9.97 Å². The van der Waals surface area contributed by atoms with Gasteiger partial charge in [0.05, 0.1) is 132 Å². The van der Waals surface area contributed by atoms with Gasteiger partial charge in [0.2, 0.25) is 0 Å². The van der Waals surface area contributed by atoms with Crippen molar-refractivity contribution in [1.29, 1.82) is 0 Å². The van der Waals surface area contributed by atoms with Gasteiger partial charge < -0.3 is 63.3 Å². The number of aromatic amines is 1. The van der Waals surface area contributed by atoms with Crippen molar-refractivity contribution < 1.29 is 108 Å². The van der Waals surface area contributed by atoms with E-state index in [1.54, 1.807) is 20.4 Å². The van der Waals surface area contributed by atoms with Gasteiger partial charge in [0.1, 0.15) is 13.2 Å². The zero-order valence-electron chi connectivity index (χ0n) is 43.2. The Balaban J connectivity index is 0.00000183. The van der Waals surface area contributed by atoms with Crippen LogP contribution in [0.3, 0.4) is 0 Å². The molecule has 5 rings (SSSR count). The van der Waals surface area contributed by atoms with Crippen LogP contribution in [0, 0.1) is 46.9 Å². The third-order valence-electron chi connectivity index (χ3n) is 10.8. The fourth-order valence-electron chi connectivity index (χ4n) is 7.41. The van der Waals surface area contributed by atoms with E-state index in [1.807, 2.05) is 25.3 Å². The quantitative estimate of drug-likeness (QED) is 0.0587. The SMILES string of the molecule is CC(=O)[OH2+].CC(=O)[OH2+].CCC1=C(CC)c2cc3[nH]c(cnc4cc(OCCOCCOCCOC)c(OCCOCCOCCOC)cc4ncc4nc(cc1n2)C(CCCO)=C4C)c(C)c3CCCO.[Gd+3]. The average Bonchev–Trinajstić information content (AvgIpc) is 3.94. The Morgan fingerprint density at radius 3 is 1.46 bits per heavy atom. The zero-order chi connectivity index (χ0) is 52.0. The van der Waals surface area contributed by atoms with E-state index < -0.39 is 11.9 Å². The number of carbonyl (C=O) groups excluding carboxylic acids is 2. The van der Waals surface area contributed by atoms with Gasteiger partial charge in [-0.15, -0.1) is 0 Å². The molecule has 0 unspecified atom stereocenters. The number of aliphatic hydroxyl groups is 2. The van der Waals surface area contributed by atoms with E-state index in [0.29, 0.717) is 120 Å². The number of benzene rings is 1. The van der Waals surface area contributed by atoms with Crippen molar-refractivity contribution >= 4 is 56.3 Å². The van der Waals surface area contributed by atoms with Gasteiger partial charge >= 0.3 is 51.9 Å². The zero-order valence-corrected chi connectivity index (χ0v) is 45.5. The van der Waals surface area contributed by atoms with E-state index >= 15 is 0 Å². The Morgan fingerprint density at radius 1 is 0.569 bits per heavy atom. The predicted octanol–water partition coefficient (Wildman–Crippen LogP) is 5.64. The number of nitrogens with one attached hydrogen (secondary N) is 1. The first-order valence-electron chi connectivity index (χ1n) is 24.1. The van der Waals surface area contributed by atoms with Gasteiger partial charge in [0.15, 0.2) is 11.5 Å². The van der Waals surface area contributed by atoms with Crippen molar-refractivity contribution in [2.24, 2.45) is 0 Å². The first-order chi connectivity index (χ1) is 34.3. The fraction of sp³-hybridized carbons (Fsp3) is 0.538. The van der Waals surface area contributed by atoms with Gasteiger partial charge in [0, 0.05) is 54.7 Å². The molecular formula is C52H77GdN5O14+5. The Bertz CT molecular complexity index is 2390. The van der Waals surface area contributed by atoms with E-state index in [9.17, 15) is 10.2 Å². The fourth-order valence-corrected chi connectivity index (χ4v) is 7.41. The molecule has 3 aromatic rings. The molecule has 0 atom stereocenters. The van der Waals surface area contributed by atoms with Crippen LogP contribution in [0.1, 0.15) is 101 Å². The van der Waals surface area contributed by atoms with Gasteiger partial charge in [0.25, 0.3) is 0 Å². The van der Waals surface area contributed by atoms with Crippen LogP contribution in [0.2, 0.25) is 0 Å². The molecule has 19 nitrogen and oxygen atoms in total. The molecule has 72 heavy (non-hydrogen) atoms. The summed E-state index contributed by atoms with van der Waals surface area (Å²) in [5, 5.41) is 31.6. The number of ether oxygens (including phenoxy) is 8. The summed E-state index contributed by atoms with van der Waals surface area (Å²) in [6, 6.07) is 7.87. The van der Waals surface area contributed by atoms with Crippen LogP contribution in [0.5, 0.6) is 11.5 Å².